The lowest BCUT2D eigenvalue weighted by Crippen LogP contribution is -2.49. The van der Waals surface area contributed by atoms with Gasteiger partial charge in [-0.15, -0.1) is 11.6 Å². The quantitative estimate of drug-likeness (QED) is 0.450. The van der Waals surface area contributed by atoms with Gasteiger partial charge in [-0.25, -0.2) is 0 Å². The Kier molecular flexibility index (Phi) is 10.2. The van der Waals surface area contributed by atoms with E-state index < -0.39 is 0 Å². The molecule has 1 saturated heterocycles. The summed E-state index contributed by atoms with van der Waals surface area (Å²) in [5.74, 6) is -0.282. The van der Waals surface area contributed by atoms with Crippen molar-refractivity contribution in [1.29, 1.82) is 0 Å². The van der Waals surface area contributed by atoms with Crippen molar-refractivity contribution < 1.29 is 14.3 Å². The predicted octanol–water partition coefficient (Wildman–Crippen LogP) is 4.34. The van der Waals surface area contributed by atoms with Crippen LogP contribution in [0.15, 0.2) is 48.5 Å². The van der Waals surface area contributed by atoms with E-state index in [1.165, 1.54) is 5.56 Å². The standard InChI is InChI=1S/C26H33Cl2N3O3/c1-20(2)34-18-17-31(25(32)19-27)24-9-5-22(6-10-24)26(33)30-15-13-29(14-16-30)12-11-21-3-7-23(28)8-4-21/h3-10,20H,11-19H2,1-2H3. The maximum absolute atomic E-state index is 13.0. The van der Waals surface area contributed by atoms with Crippen molar-refractivity contribution in [2.75, 3.05) is 56.7 Å². The van der Waals surface area contributed by atoms with E-state index in [1.807, 2.05) is 30.9 Å². The highest BCUT2D eigenvalue weighted by Gasteiger charge is 2.22. The molecule has 0 aliphatic carbocycles. The second-order valence-electron chi connectivity index (χ2n) is 8.66. The van der Waals surface area contributed by atoms with Gasteiger partial charge in [-0.2, -0.15) is 0 Å². The highest BCUT2D eigenvalue weighted by Crippen LogP contribution is 2.18. The monoisotopic (exact) mass is 505 g/mol. The van der Waals surface area contributed by atoms with Crippen molar-refractivity contribution in [1.82, 2.24) is 9.80 Å². The summed E-state index contributed by atoms with van der Waals surface area (Å²) in [4.78, 5) is 31.2. The number of halogens is 2. The van der Waals surface area contributed by atoms with Crippen LogP contribution in [-0.4, -0.2) is 79.5 Å². The molecule has 8 heteroatoms. The highest BCUT2D eigenvalue weighted by molar-refractivity contribution is 6.30. The molecule has 0 bridgehead atoms. The van der Waals surface area contributed by atoms with Crippen molar-refractivity contribution in [3.63, 3.8) is 0 Å². The minimum atomic E-state index is -0.192. The third-order valence-corrected chi connectivity index (χ3v) is 6.38. The Hall–Kier alpha value is -2.12. The SMILES string of the molecule is CC(C)OCCN(C(=O)CCl)c1ccc(C(=O)N2CCN(CCc3ccc(Cl)cc3)CC2)cc1. The largest absolute Gasteiger partial charge is 0.377 e. The highest BCUT2D eigenvalue weighted by atomic mass is 35.5. The van der Waals surface area contributed by atoms with Crippen molar-refractivity contribution in [2.45, 2.75) is 26.4 Å². The third-order valence-electron chi connectivity index (χ3n) is 5.90. The van der Waals surface area contributed by atoms with Gasteiger partial charge in [-0.3, -0.25) is 14.5 Å². The molecule has 0 atom stereocenters. The molecule has 0 saturated carbocycles. The van der Waals surface area contributed by atoms with E-state index >= 15 is 0 Å². The molecule has 184 valence electrons. The molecule has 0 aromatic heterocycles. The van der Waals surface area contributed by atoms with Crippen molar-refractivity contribution in [3.8, 4) is 0 Å². The molecule has 1 aliphatic rings. The first-order chi connectivity index (χ1) is 16.4. The van der Waals surface area contributed by atoms with E-state index in [-0.39, 0.29) is 23.8 Å². The third kappa shape index (κ3) is 7.70. The molecule has 34 heavy (non-hydrogen) atoms. The molecular formula is C26H33Cl2N3O3. The van der Waals surface area contributed by atoms with Crippen molar-refractivity contribution in [3.05, 3.63) is 64.7 Å². The number of ether oxygens (including phenoxy) is 1. The van der Waals surface area contributed by atoms with Crippen LogP contribution in [-0.2, 0) is 16.0 Å². The lowest BCUT2D eigenvalue weighted by molar-refractivity contribution is -0.116. The fourth-order valence-corrected chi connectivity index (χ4v) is 4.20. The molecule has 6 nitrogen and oxygen atoms in total. The smallest absolute Gasteiger partial charge is 0.253 e. The van der Waals surface area contributed by atoms with E-state index in [9.17, 15) is 9.59 Å². The van der Waals surface area contributed by atoms with Gasteiger partial charge in [0.25, 0.3) is 5.91 Å². The summed E-state index contributed by atoms with van der Waals surface area (Å²) in [6.07, 6.45) is 1.05. The predicted molar refractivity (Wildman–Crippen MR) is 138 cm³/mol. The molecule has 2 aromatic carbocycles. The molecule has 0 unspecified atom stereocenters. The zero-order valence-electron chi connectivity index (χ0n) is 19.9. The van der Waals surface area contributed by atoms with Crippen LogP contribution in [0.1, 0.15) is 29.8 Å². The van der Waals surface area contributed by atoms with E-state index in [0.717, 1.165) is 31.1 Å². The normalized spacial score (nSPS) is 14.4. The second kappa shape index (κ2) is 13.1. The summed E-state index contributed by atoms with van der Waals surface area (Å²) < 4.78 is 5.58. The number of hydrogen-bond acceptors (Lipinski definition) is 4. The van der Waals surface area contributed by atoms with Gasteiger partial charge in [0.05, 0.1) is 12.7 Å². The molecule has 2 aromatic rings. The fraction of sp³-hybridized carbons (Fsp3) is 0.462. The number of carbonyl (C=O) groups excluding carboxylic acids is 2. The van der Waals surface area contributed by atoms with Gasteiger partial charge in [0.1, 0.15) is 5.88 Å². The van der Waals surface area contributed by atoms with Crippen LogP contribution < -0.4 is 4.90 Å². The molecular weight excluding hydrogens is 473 g/mol. The average molecular weight is 506 g/mol. The lowest BCUT2D eigenvalue weighted by Gasteiger charge is -2.35. The van der Waals surface area contributed by atoms with Gasteiger partial charge < -0.3 is 14.5 Å². The summed E-state index contributed by atoms with van der Waals surface area (Å²) in [6, 6.07) is 15.1. The van der Waals surface area contributed by atoms with E-state index in [4.69, 9.17) is 27.9 Å². The first-order valence-corrected chi connectivity index (χ1v) is 12.6. The van der Waals surface area contributed by atoms with Gasteiger partial charge in [-0.05, 0) is 62.2 Å². The summed E-state index contributed by atoms with van der Waals surface area (Å²) in [6.45, 7) is 8.80. The maximum Gasteiger partial charge on any atom is 0.253 e. The molecule has 0 N–H and O–H groups in total. The number of amides is 2. The Morgan fingerprint density at radius 3 is 2.24 bits per heavy atom. The maximum atomic E-state index is 13.0. The Morgan fingerprint density at radius 1 is 1.00 bits per heavy atom. The second-order valence-corrected chi connectivity index (χ2v) is 9.36. The molecule has 0 radical (unpaired) electrons. The number of alkyl halides is 1. The Bertz CT molecular complexity index is 927. The minimum Gasteiger partial charge on any atom is -0.377 e. The number of anilines is 1. The number of piperazine rings is 1. The van der Waals surface area contributed by atoms with Crippen LogP contribution in [0, 0.1) is 0 Å². The Labute approximate surface area is 212 Å². The van der Waals surface area contributed by atoms with E-state index in [1.54, 1.807) is 29.2 Å². The van der Waals surface area contributed by atoms with Gasteiger partial charge in [0, 0.05) is 55.5 Å². The van der Waals surface area contributed by atoms with Crippen molar-refractivity contribution >= 4 is 40.7 Å². The first kappa shape index (κ1) is 26.5. The summed E-state index contributed by atoms with van der Waals surface area (Å²) in [5.41, 5.74) is 2.59. The molecule has 1 heterocycles. The van der Waals surface area contributed by atoms with Crippen LogP contribution >= 0.6 is 23.2 Å². The van der Waals surface area contributed by atoms with Crippen LogP contribution in [0.5, 0.6) is 0 Å². The molecule has 1 aliphatic heterocycles. The van der Waals surface area contributed by atoms with Crippen LogP contribution in [0.3, 0.4) is 0 Å². The van der Waals surface area contributed by atoms with Crippen molar-refractivity contribution in [2.24, 2.45) is 0 Å². The fourth-order valence-electron chi connectivity index (χ4n) is 3.93. The summed E-state index contributed by atoms with van der Waals surface area (Å²) >= 11 is 11.8. The topological polar surface area (TPSA) is 53.1 Å². The van der Waals surface area contributed by atoms with Crippen LogP contribution in [0.4, 0.5) is 5.69 Å². The van der Waals surface area contributed by atoms with Crippen LogP contribution in [0.25, 0.3) is 0 Å². The van der Waals surface area contributed by atoms with E-state index in [0.29, 0.717) is 37.5 Å². The average Bonchev–Trinajstić information content (AvgIpc) is 2.86. The van der Waals surface area contributed by atoms with E-state index in [2.05, 4.69) is 17.0 Å². The number of carbonyl (C=O) groups is 2. The van der Waals surface area contributed by atoms with Gasteiger partial charge in [-0.1, -0.05) is 23.7 Å². The zero-order chi connectivity index (χ0) is 24.5. The van der Waals surface area contributed by atoms with Gasteiger partial charge in [0.15, 0.2) is 0 Å². The number of hydrogen-bond donors (Lipinski definition) is 0. The first-order valence-electron chi connectivity index (χ1n) is 11.7. The van der Waals surface area contributed by atoms with Gasteiger partial charge >= 0.3 is 0 Å². The Morgan fingerprint density at radius 2 is 1.65 bits per heavy atom. The molecule has 0 spiro atoms. The zero-order valence-corrected chi connectivity index (χ0v) is 21.4. The summed E-state index contributed by atoms with van der Waals surface area (Å²) in [5, 5.41) is 0.752. The molecule has 1 fully saturated rings. The lowest BCUT2D eigenvalue weighted by atomic mass is 10.1. The number of nitrogens with zero attached hydrogens (tertiary/aromatic N) is 3. The van der Waals surface area contributed by atoms with Gasteiger partial charge in [0.2, 0.25) is 5.91 Å². The minimum absolute atomic E-state index is 0.0160. The van der Waals surface area contributed by atoms with Crippen LogP contribution in [0.2, 0.25) is 5.02 Å². The Balaban J connectivity index is 1.51. The summed E-state index contributed by atoms with van der Waals surface area (Å²) in [7, 11) is 0. The molecule has 3 rings (SSSR count). The molecule has 2 amide bonds. The number of rotatable bonds is 10. The number of benzene rings is 2.